The molecule has 1 heterocycles. The molecular formula is C23H25N3O9. The van der Waals surface area contributed by atoms with E-state index in [2.05, 4.69) is 4.74 Å². The number of methoxy groups -OCH3 is 3. The summed E-state index contributed by atoms with van der Waals surface area (Å²) in [6.45, 7) is 1.43. The van der Waals surface area contributed by atoms with Gasteiger partial charge in [-0.2, -0.15) is 0 Å². The topological polar surface area (TPSA) is 138 Å². The van der Waals surface area contributed by atoms with Crippen LogP contribution in [0.5, 0.6) is 11.5 Å². The van der Waals surface area contributed by atoms with Crippen LogP contribution in [0.25, 0.3) is 0 Å². The lowest BCUT2D eigenvalue weighted by Crippen LogP contribution is -2.41. The highest BCUT2D eigenvalue weighted by Gasteiger charge is 2.38. The summed E-state index contributed by atoms with van der Waals surface area (Å²) in [7, 11) is 4.19. The van der Waals surface area contributed by atoms with E-state index < -0.39 is 23.2 Å². The lowest BCUT2D eigenvalue weighted by molar-refractivity contribution is -0.385. The highest BCUT2D eigenvalue weighted by atomic mass is 16.6. The summed E-state index contributed by atoms with van der Waals surface area (Å²) in [4.78, 5) is 50.2. The van der Waals surface area contributed by atoms with E-state index in [1.807, 2.05) is 0 Å². The molecule has 2 aromatic carbocycles. The number of amides is 2. The van der Waals surface area contributed by atoms with Crippen molar-refractivity contribution in [2.75, 3.05) is 32.8 Å². The number of anilines is 1. The SMILES string of the molecule is COC(=O)Cc1cc(N2C[C@H](N(Cc3ccc(OC)cc3OC)C(C)=O)OC2=O)ccc1[N+](=O)[O-]. The fourth-order valence-electron chi connectivity index (χ4n) is 3.69. The normalized spacial score (nSPS) is 14.8. The Hall–Kier alpha value is -4.35. The zero-order valence-corrected chi connectivity index (χ0v) is 19.7. The molecule has 0 aliphatic carbocycles. The van der Waals surface area contributed by atoms with Crippen molar-refractivity contribution in [3.8, 4) is 11.5 Å². The first-order valence-corrected chi connectivity index (χ1v) is 10.5. The molecule has 186 valence electrons. The van der Waals surface area contributed by atoms with Gasteiger partial charge >= 0.3 is 12.1 Å². The summed E-state index contributed by atoms with van der Waals surface area (Å²) in [6, 6.07) is 9.11. The number of ether oxygens (including phenoxy) is 4. The lowest BCUT2D eigenvalue weighted by Gasteiger charge is -2.26. The predicted molar refractivity (Wildman–Crippen MR) is 122 cm³/mol. The Morgan fingerprint density at radius 1 is 1.14 bits per heavy atom. The summed E-state index contributed by atoms with van der Waals surface area (Å²) < 4.78 is 20.7. The molecule has 35 heavy (non-hydrogen) atoms. The van der Waals surface area contributed by atoms with Gasteiger partial charge in [-0.3, -0.25) is 24.6 Å². The number of nitro groups is 1. The van der Waals surface area contributed by atoms with Gasteiger partial charge in [0.2, 0.25) is 5.91 Å². The van der Waals surface area contributed by atoms with Crippen LogP contribution in [-0.2, 0) is 32.0 Å². The van der Waals surface area contributed by atoms with Crippen LogP contribution in [0.2, 0.25) is 0 Å². The summed E-state index contributed by atoms with van der Waals surface area (Å²) in [5, 5.41) is 11.4. The number of carbonyl (C=O) groups excluding carboxylic acids is 3. The third-order valence-electron chi connectivity index (χ3n) is 5.52. The van der Waals surface area contributed by atoms with Crippen molar-refractivity contribution in [2.45, 2.75) is 26.1 Å². The molecule has 0 radical (unpaired) electrons. The van der Waals surface area contributed by atoms with E-state index in [0.717, 1.165) is 0 Å². The maximum Gasteiger partial charge on any atom is 0.416 e. The first-order valence-electron chi connectivity index (χ1n) is 10.5. The highest BCUT2D eigenvalue weighted by Crippen LogP contribution is 2.31. The number of esters is 1. The van der Waals surface area contributed by atoms with E-state index in [-0.39, 0.29) is 42.4 Å². The lowest BCUT2D eigenvalue weighted by atomic mass is 10.1. The van der Waals surface area contributed by atoms with Crippen molar-refractivity contribution in [1.82, 2.24) is 4.90 Å². The third-order valence-corrected chi connectivity index (χ3v) is 5.52. The molecule has 1 saturated heterocycles. The van der Waals surface area contributed by atoms with Crippen LogP contribution in [0.3, 0.4) is 0 Å². The number of rotatable bonds is 9. The van der Waals surface area contributed by atoms with Gasteiger partial charge in [-0.25, -0.2) is 4.79 Å². The molecular weight excluding hydrogens is 462 g/mol. The maximum absolute atomic E-state index is 12.7. The first-order chi connectivity index (χ1) is 16.7. The Bertz CT molecular complexity index is 1150. The van der Waals surface area contributed by atoms with Gasteiger partial charge < -0.3 is 23.8 Å². The van der Waals surface area contributed by atoms with E-state index in [4.69, 9.17) is 14.2 Å². The second kappa shape index (κ2) is 10.7. The second-order valence-corrected chi connectivity index (χ2v) is 7.60. The van der Waals surface area contributed by atoms with Crippen LogP contribution >= 0.6 is 0 Å². The van der Waals surface area contributed by atoms with E-state index in [9.17, 15) is 24.5 Å². The minimum absolute atomic E-state index is 0.0215. The van der Waals surface area contributed by atoms with Crippen molar-refractivity contribution >= 4 is 29.3 Å². The number of cyclic esters (lactones) is 1. The Morgan fingerprint density at radius 3 is 2.49 bits per heavy atom. The smallest absolute Gasteiger partial charge is 0.416 e. The molecule has 12 nitrogen and oxygen atoms in total. The van der Waals surface area contributed by atoms with Gasteiger partial charge in [0.05, 0.1) is 45.8 Å². The standard InChI is InChI=1S/C23H25N3O9/c1-14(27)24(12-15-5-7-18(32-2)11-20(15)33-3)21-13-25(23(29)35-21)17-6-8-19(26(30)31)16(9-17)10-22(28)34-4/h5-9,11,21H,10,12-13H2,1-4H3/t21-/m1/s1. The average molecular weight is 487 g/mol. The van der Waals surface area contributed by atoms with Gasteiger partial charge in [-0.15, -0.1) is 0 Å². The van der Waals surface area contributed by atoms with E-state index in [1.54, 1.807) is 18.2 Å². The van der Waals surface area contributed by atoms with Crippen LogP contribution in [-0.4, -0.2) is 61.9 Å². The third kappa shape index (κ3) is 5.60. The van der Waals surface area contributed by atoms with Crippen LogP contribution in [0, 0.1) is 10.1 Å². The van der Waals surface area contributed by atoms with Crippen molar-refractivity contribution in [3.05, 3.63) is 57.6 Å². The van der Waals surface area contributed by atoms with Gasteiger partial charge in [-0.1, -0.05) is 0 Å². The van der Waals surface area contributed by atoms with Gasteiger partial charge in [0.25, 0.3) is 5.69 Å². The Labute approximate surface area is 201 Å². The summed E-state index contributed by atoms with van der Waals surface area (Å²) in [5.74, 6) is 0.0832. The zero-order valence-electron chi connectivity index (χ0n) is 19.7. The molecule has 0 bridgehead atoms. The van der Waals surface area contributed by atoms with E-state index in [1.165, 1.54) is 56.3 Å². The minimum Gasteiger partial charge on any atom is -0.497 e. The van der Waals surface area contributed by atoms with Crippen molar-refractivity contribution in [1.29, 1.82) is 0 Å². The summed E-state index contributed by atoms with van der Waals surface area (Å²) in [5.41, 5.74) is 0.767. The Morgan fingerprint density at radius 2 is 1.89 bits per heavy atom. The number of nitrogens with zero attached hydrogens (tertiary/aromatic N) is 3. The molecule has 0 aromatic heterocycles. The number of carbonyl (C=O) groups is 3. The summed E-state index contributed by atoms with van der Waals surface area (Å²) in [6.07, 6.45) is -2.00. The monoisotopic (exact) mass is 487 g/mol. The quantitative estimate of drug-likeness (QED) is 0.297. The van der Waals surface area contributed by atoms with Crippen molar-refractivity contribution in [3.63, 3.8) is 0 Å². The molecule has 1 fully saturated rings. The molecule has 0 unspecified atom stereocenters. The van der Waals surface area contributed by atoms with E-state index >= 15 is 0 Å². The Balaban J connectivity index is 1.86. The van der Waals surface area contributed by atoms with Crippen LogP contribution in [0.1, 0.15) is 18.1 Å². The molecule has 0 spiro atoms. The van der Waals surface area contributed by atoms with Crippen molar-refractivity contribution < 1.29 is 38.3 Å². The fraction of sp³-hybridized carbons (Fsp3) is 0.348. The maximum atomic E-state index is 12.7. The molecule has 1 atom stereocenters. The molecule has 2 aromatic rings. The number of nitro benzene ring substituents is 1. The zero-order chi connectivity index (χ0) is 25.7. The van der Waals surface area contributed by atoms with Crippen LogP contribution in [0.4, 0.5) is 16.2 Å². The molecule has 12 heteroatoms. The Kier molecular flexibility index (Phi) is 7.74. The van der Waals surface area contributed by atoms with E-state index in [0.29, 0.717) is 17.1 Å². The number of hydrogen-bond donors (Lipinski definition) is 0. The van der Waals surface area contributed by atoms with Gasteiger partial charge in [0.15, 0.2) is 6.23 Å². The average Bonchev–Trinajstić information content (AvgIpc) is 3.22. The highest BCUT2D eigenvalue weighted by molar-refractivity contribution is 5.91. The first kappa shape index (κ1) is 25.3. The molecule has 0 saturated carbocycles. The van der Waals surface area contributed by atoms with Crippen molar-refractivity contribution in [2.24, 2.45) is 0 Å². The largest absolute Gasteiger partial charge is 0.497 e. The molecule has 2 amide bonds. The molecule has 0 N–H and O–H groups in total. The number of benzene rings is 2. The van der Waals surface area contributed by atoms with Gasteiger partial charge in [-0.05, 0) is 24.3 Å². The van der Waals surface area contributed by atoms with Gasteiger partial charge in [0.1, 0.15) is 11.5 Å². The van der Waals surface area contributed by atoms with Gasteiger partial charge in [0, 0.05) is 35.9 Å². The van der Waals surface area contributed by atoms with Crippen LogP contribution in [0.15, 0.2) is 36.4 Å². The number of hydrogen-bond acceptors (Lipinski definition) is 9. The minimum atomic E-state index is -0.925. The second-order valence-electron chi connectivity index (χ2n) is 7.60. The molecule has 1 aliphatic heterocycles. The fourth-order valence-corrected chi connectivity index (χ4v) is 3.69. The molecule has 1 aliphatic rings. The summed E-state index contributed by atoms with van der Waals surface area (Å²) >= 11 is 0. The predicted octanol–water partition coefficient (Wildman–Crippen LogP) is 2.66. The molecule has 3 rings (SSSR count). The van der Waals surface area contributed by atoms with Crippen LogP contribution < -0.4 is 14.4 Å².